The van der Waals surface area contributed by atoms with Crippen LogP contribution in [0.25, 0.3) is 11.0 Å². The summed E-state index contributed by atoms with van der Waals surface area (Å²) in [5.41, 5.74) is 4.10. The van der Waals surface area contributed by atoms with Crippen molar-refractivity contribution in [3.8, 4) is 0 Å². The topological polar surface area (TPSA) is 59.5 Å². The molecule has 6 nitrogen and oxygen atoms in total. The molecule has 5 rings (SSSR count). The third kappa shape index (κ3) is 4.78. The van der Waals surface area contributed by atoms with Crippen molar-refractivity contribution in [2.45, 2.75) is 63.4 Å². The highest BCUT2D eigenvalue weighted by Crippen LogP contribution is 2.29. The molecule has 0 bridgehead atoms. The Morgan fingerprint density at radius 3 is 2.79 bits per heavy atom. The van der Waals surface area contributed by atoms with Crippen molar-refractivity contribution in [2.24, 2.45) is 4.99 Å². The van der Waals surface area contributed by atoms with Gasteiger partial charge in [-0.25, -0.2) is 24.2 Å². The number of thioether (sulfide) groups is 1. The van der Waals surface area contributed by atoms with Gasteiger partial charge in [0.15, 0.2) is 0 Å². The average molecular weight is 464 g/mol. The van der Waals surface area contributed by atoms with Gasteiger partial charge in [-0.15, -0.1) is 0 Å². The maximum absolute atomic E-state index is 12.2. The lowest BCUT2D eigenvalue weighted by molar-refractivity contribution is -0.657. The number of aliphatic imine (C=N–C) groups is 1. The van der Waals surface area contributed by atoms with Gasteiger partial charge in [0.2, 0.25) is 5.17 Å². The average Bonchev–Trinajstić information content (AvgIpc) is 3.17. The summed E-state index contributed by atoms with van der Waals surface area (Å²) >= 11 is 1.74. The summed E-state index contributed by atoms with van der Waals surface area (Å²) in [5, 5.41) is 4.65. The normalized spacial score (nSPS) is 17.7. The first-order chi connectivity index (χ1) is 16.2. The monoisotopic (exact) mass is 463 g/mol. The summed E-state index contributed by atoms with van der Waals surface area (Å²) in [7, 11) is 1.43. The lowest BCUT2D eigenvalue weighted by atomic mass is 9.96. The van der Waals surface area contributed by atoms with Crippen LogP contribution in [0.1, 0.15) is 54.4 Å². The van der Waals surface area contributed by atoms with Gasteiger partial charge in [0, 0.05) is 0 Å². The molecule has 3 aromatic rings. The number of fused-ring (bicyclic) bond motifs is 3. The van der Waals surface area contributed by atoms with Gasteiger partial charge in [-0.1, -0.05) is 49.6 Å². The third-order valence-corrected chi connectivity index (χ3v) is 7.47. The molecule has 33 heavy (non-hydrogen) atoms. The summed E-state index contributed by atoms with van der Waals surface area (Å²) in [6.45, 7) is 0.889. The molecule has 1 saturated carbocycles. The molecule has 0 atom stereocenters. The molecule has 2 aromatic carbocycles. The summed E-state index contributed by atoms with van der Waals surface area (Å²) in [5.74, 6) is 1.52. The first kappa shape index (κ1) is 22.0. The number of nitrogens with one attached hydrogen (secondary N) is 1. The molecule has 0 spiro atoms. The predicted octanol–water partition coefficient (Wildman–Crippen LogP) is 5.15. The van der Waals surface area contributed by atoms with E-state index in [-0.39, 0.29) is 5.97 Å². The predicted molar refractivity (Wildman–Crippen MR) is 134 cm³/mol. The third-order valence-electron chi connectivity index (χ3n) is 6.60. The van der Waals surface area contributed by atoms with Gasteiger partial charge in [-0.2, -0.15) is 0 Å². The first-order valence-corrected chi connectivity index (χ1v) is 12.9. The highest BCUT2D eigenvalue weighted by Gasteiger charge is 2.31. The molecule has 7 heteroatoms. The Bertz CT molecular complexity index is 1170. The number of carbonyl (C=O) groups is 1. The lowest BCUT2D eigenvalue weighted by Crippen LogP contribution is -2.39. The van der Waals surface area contributed by atoms with E-state index in [2.05, 4.69) is 44.8 Å². The number of hydrogen-bond donors (Lipinski definition) is 1. The number of carbonyl (C=O) groups excluding carboxylic acids is 1. The fraction of sp³-hybridized carbons (Fsp3) is 0.423. The number of amidine groups is 1. The zero-order chi connectivity index (χ0) is 22.6. The molecule has 2 aliphatic rings. The van der Waals surface area contributed by atoms with Crippen LogP contribution in [0.4, 0.5) is 5.95 Å². The Hall–Kier alpha value is -2.80. The molecule has 1 aliphatic heterocycles. The second-order valence-corrected chi connectivity index (χ2v) is 9.75. The summed E-state index contributed by atoms with van der Waals surface area (Å²) in [6.07, 6.45) is 8.33. The molecule has 0 amide bonds. The lowest BCUT2D eigenvalue weighted by Gasteiger charge is -2.20. The quantitative estimate of drug-likeness (QED) is 0.406. The Balaban J connectivity index is 1.46. The smallest absolute Gasteiger partial charge is 0.365 e. The summed E-state index contributed by atoms with van der Waals surface area (Å²) < 4.78 is 9.56. The van der Waals surface area contributed by atoms with E-state index in [9.17, 15) is 4.79 Å². The van der Waals surface area contributed by atoms with Crippen molar-refractivity contribution in [2.75, 3.05) is 12.4 Å². The number of rotatable bonds is 6. The molecular formula is C26H31N4O2S+. The number of methoxy groups -OCH3 is 1. The van der Waals surface area contributed by atoms with E-state index < -0.39 is 0 Å². The number of nitrogens with zero attached hydrogens (tertiary/aromatic N) is 3. The molecule has 1 N–H and O–H groups in total. The number of aromatic nitrogens is 2. The van der Waals surface area contributed by atoms with Crippen molar-refractivity contribution >= 4 is 39.9 Å². The van der Waals surface area contributed by atoms with Gasteiger partial charge in [-0.3, -0.25) is 0 Å². The first-order valence-electron chi connectivity index (χ1n) is 11.9. The molecule has 172 valence electrons. The molecule has 1 aliphatic carbocycles. The molecule has 0 unspecified atom stereocenters. The Labute approximate surface area is 199 Å². The van der Waals surface area contributed by atoms with E-state index in [1.807, 2.05) is 18.2 Å². The molecular weight excluding hydrogens is 432 g/mol. The molecule has 2 heterocycles. The number of imidazole rings is 1. The van der Waals surface area contributed by atoms with E-state index in [0.717, 1.165) is 47.4 Å². The van der Waals surface area contributed by atoms with E-state index in [1.165, 1.54) is 44.8 Å². The standard InChI is InChI=1S/C26H30N4O2S/c1-32-24(31)20-14-15-22-23(17-20)30-18-33-25(27-21-12-6-3-7-13-21)28-26(30)29(22)16-8-11-19-9-4-2-5-10-19/h2,4-5,9-10,14-15,17,21H,3,6-8,11-13,16,18H2,1H3/p+1. The number of benzene rings is 2. The van der Waals surface area contributed by atoms with Crippen LogP contribution in [0.15, 0.2) is 53.5 Å². The van der Waals surface area contributed by atoms with Gasteiger partial charge in [0.1, 0.15) is 16.9 Å². The Morgan fingerprint density at radius 2 is 2.00 bits per heavy atom. The van der Waals surface area contributed by atoms with E-state index in [0.29, 0.717) is 11.6 Å². The Morgan fingerprint density at radius 1 is 1.18 bits per heavy atom. The maximum atomic E-state index is 12.2. The SMILES string of the molecule is COC(=O)c1ccc2c(c1)n1c([n+]2CCCc2ccccc2)NC(=NC2CCCCC2)SC1. The van der Waals surface area contributed by atoms with Crippen molar-refractivity contribution in [3.63, 3.8) is 0 Å². The van der Waals surface area contributed by atoms with Crippen LogP contribution in [-0.2, 0) is 23.6 Å². The maximum Gasteiger partial charge on any atom is 0.365 e. The van der Waals surface area contributed by atoms with Crippen molar-refractivity contribution in [3.05, 3.63) is 59.7 Å². The van der Waals surface area contributed by atoms with E-state index in [4.69, 9.17) is 9.73 Å². The number of ether oxygens (including phenoxy) is 1. The second-order valence-electron chi connectivity index (χ2n) is 8.81. The molecule has 0 radical (unpaired) electrons. The number of anilines is 1. The van der Waals surface area contributed by atoms with E-state index in [1.54, 1.807) is 11.8 Å². The largest absolute Gasteiger partial charge is 0.465 e. The highest BCUT2D eigenvalue weighted by molar-refractivity contribution is 8.13. The van der Waals surface area contributed by atoms with Gasteiger partial charge in [-0.05, 0) is 61.2 Å². The zero-order valence-electron chi connectivity index (χ0n) is 19.1. The number of aryl methyl sites for hydroxylation is 2. The van der Waals surface area contributed by atoms with Crippen LogP contribution < -0.4 is 9.88 Å². The van der Waals surface area contributed by atoms with Gasteiger partial charge < -0.3 is 4.74 Å². The fourth-order valence-electron chi connectivity index (χ4n) is 4.87. The van der Waals surface area contributed by atoms with E-state index >= 15 is 0 Å². The van der Waals surface area contributed by atoms with Gasteiger partial charge in [0.25, 0.3) is 0 Å². The van der Waals surface area contributed by atoms with Crippen molar-refractivity contribution < 1.29 is 14.1 Å². The Kier molecular flexibility index (Phi) is 6.67. The highest BCUT2D eigenvalue weighted by atomic mass is 32.2. The van der Waals surface area contributed by atoms with Crippen LogP contribution in [0.5, 0.6) is 0 Å². The zero-order valence-corrected chi connectivity index (χ0v) is 19.9. The second kappa shape index (κ2) is 10.00. The molecule has 1 fully saturated rings. The van der Waals surface area contributed by atoms with Crippen LogP contribution in [0, 0.1) is 0 Å². The molecule has 0 saturated heterocycles. The van der Waals surface area contributed by atoms with Crippen LogP contribution in [0.2, 0.25) is 0 Å². The number of esters is 1. The van der Waals surface area contributed by atoms with Gasteiger partial charge in [0.05, 0.1) is 25.3 Å². The van der Waals surface area contributed by atoms with Crippen molar-refractivity contribution in [1.29, 1.82) is 0 Å². The van der Waals surface area contributed by atoms with Crippen LogP contribution in [-0.4, -0.2) is 28.9 Å². The molecule has 1 aromatic heterocycles. The minimum Gasteiger partial charge on any atom is -0.465 e. The summed E-state index contributed by atoms with van der Waals surface area (Å²) in [6, 6.07) is 16.9. The van der Waals surface area contributed by atoms with Crippen LogP contribution in [0.3, 0.4) is 0 Å². The van der Waals surface area contributed by atoms with Crippen molar-refractivity contribution in [1.82, 2.24) is 4.57 Å². The minimum atomic E-state index is -0.306. The number of hydrogen-bond acceptors (Lipinski definition) is 4. The minimum absolute atomic E-state index is 0.306. The van der Waals surface area contributed by atoms with Crippen LogP contribution >= 0.6 is 11.8 Å². The van der Waals surface area contributed by atoms with Gasteiger partial charge >= 0.3 is 11.9 Å². The summed E-state index contributed by atoms with van der Waals surface area (Å²) in [4.78, 5) is 17.2. The fourth-order valence-corrected chi connectivity index (χ4v) is 5.77.